The van der Waals surface area contributed by atoms with Gasteiger partial charge in [0.15, 0.2) is 50.3 Å². The highest BCUT2D eigenvalue weighted by Gasteiger charge is 2.61. The van der Waals surface area contributed by atoms with Gasteiger partial charge in [0, 0.05) is 20.3 Å². The van der Waals surface area contributed by atoms with Crippen molar-refractivity contribution in [2.75, 3.05) is 52.9 Å². The first kappa shape index (κ1) is 115. The van der Waals surface area contributed by atoms with Crippen molar-refractivity contribution in [3.8, 4) is 0 Å². The quantitative estimate of drug-likeness (QED) is 0.0199. The van der Waals surface area contributed by atoms with Crippen LogP contribution in [0.15, 0.2) is 12.2 Å². The van der Waals surface area contributed by atoms with Gasteiger partial charge in [0.25, 0.3) is 0 Å². The predicted molar refractivity (Wildman–Crippen MR) is 458 cm³/mol. The van der Waals surface area contributed by atoms with Gasteiger partial charge in [-0.2, -0.15) is 0 Å². The lowest BCUT2D eigenvalue weighted by atomic mass is 9.93. The van der Waals surface area contributed by atoms with Crippen molar-refractivity contribution in [2.45, 2.75) is 472 Å². The average molecular weight is 1930 g/mol. The lowest BCUT2D eigenvalue weighted by Crippen LogP contribution is -2.71. The molecule has 8 saturated heterocycles. The fourth-order valence-corrected chi connectivity index (χ4v) is 18.0. The Balaban J connectivity index is 0.927. The van der Waals surface area contributed by atoms with Crippen molar-refractivity contribution < 1.29 is 208 Å². The van der Waals surface area contributed by atoms with E-state index in [1.165, 1.54) is 116 Å². The van der Waals surface area contributed by atoms with Gasteiger partial charge in [-0.05, 0) is 26.2 Å². The summed E-state index contributed by atoms with van der Waals surface area (Å²) < 4.78 is 95.8. The molecular formula is C88H157N3O42. The number of hydrogen-bond donors (Lipinski definition) is 26. The second-order valence-corrected chi connectivity index (χ2v) is 36.3. The predicted octanol–water partition coefficient (Wildman–Crippen LogP) is -5.75. The molecule has 0 saturated carbocycles. The van der Waals surface area contributed by atoms with Gasteiger partial charge in [-0.15, -0.1) is 0 Å². The third-order valence-electron chi connectivity index (χ3n) is 25.9. The standard InChI is InChI=1S/C88H157N3O42/c1-6-8-10-12-14-16-18-20-21-23-25-27-29-31-33-35-56(102)91-47(48(101)34-32-30-28-26-24-22-19-17-15-13-11-9-7-2)43-118-83-71(115)68(112)76(55(42-98)126-83)128-87-73(117)78(62(106)51(38-94)122-87)131-81-57(89-45(4)99)64(108)74(53(40-96)124-81)127-86-72(116)77(61(105)50(37-93)121-86)130-82-58(90-46(5)100)65(109)75(54(41-97)125-82)129-88-80(133-84-69(113)66(110)59(103)44(3)119-84)79(63(107)52(39-95)123-88)132-85-70(114)67(111)60(104)49(36-92)120-85/h32,34,44,47-55,57-88,92-98,101,103-117H,6-31,33,35-43H2,1-5H3,(H,89,99)(H,90,100)(H,91,102)/b34-32+/t44?,47-,48+,49?,50?,51?,52?,53?,54?,55?,57?,58?,59+,60-,61-,62-,63-,64+,65+,66?,67-,68+,69-,70?,71?,72?,73?,74+,75+,76+,77-,78-,79-,80?,81-,82-,83+,84+,85+,86-,87-,88-/m0/s1. The molecule has 16 unspecified atom stereocenters. The lowest BCUT2D eigenvalue weighted by Gasteiger charge is -2.51. The van der Waals surface area contributed by atoms with E-state index in [0.29, 0.717) is 12.8 Å². The van der Waals surface area contributed by atoms with Crippen LogP contribution in [0.1, 0.15) is 214 Å². The van der Waals surface area contributed by atoms with E-state index >= 15 is 0 Å². The van der Waals surface area contributed by atoms with Crippen LogP contribution in [0, 0.1) is 0 Å². The Morgan fingerprint density at radius 1 is 0.308 bits per heavy atom. The van der Waals surface area contributed by atoms with Crippen molar-refractivity contribution in [1.29, 1.82) is 0 Å². The second-order valence-electron chi connectivity index (χ2n) is 36.3. The molecule has 0 aromatic rings. The Hall–Kier alpha value is -3.41. The zero-order chi connectivity index (χ0) is 97.3. The minimum absolute atomic E-state index is 0.155. The maximum Gasteiger partial charge on any atom is 0.220 e. The number of unbranched alkanes of at least 4 members (excludes halogenated alkanes) is 25. The highest BCUT2D eigenvalue weighted by Crippen LogP contribution is 2.41. The van der Waals surface area contributed by atoms with Crippen LogP contribution in [0.5, 0.6) is 0 Å². The van der Waals surface area contributed by atoms with E-state index in [0.717, 1.165) is 65.2 Å². The van der Waals surface area contributed by atoms with Gasteiger partial charge in [-0.3, -0.25) is 14.4 Å². The summed E-state index contributed by atoms with van der Waals surface area (Å²) in [4.78, 5) is 39.9. The molecule has 8 aliphatic rings. The summed E-state index contributed by atoms with van der Waals surface area (Å²) in [5, 5.41) is 267. The third kappa shape index (κ3) is 32.6. The largest absolute Gasteiger partial charge is 0.394 e. The molecule has 776 valence electrons. The fourth-order valence-electron chi connectivity index (χ4n) is 18.0. The van der Waals surface area contributed by atoms with Gasteiger partial charge < -0.3 is 209 Å². The number of aliphatic hydroxyl groups excluding tert-OH is 23. The molecule has 3 amide bonds. The SMILES string of the molecule is CCCCCCCCCCCCC/C=C/[C@@H](O)[C@H](CO[C@@H]1OC(CO)[C@@H](O[C@@H]2OC(CO)[C@H](O)[C@H](O[C@@H]3OC(CO)[C@@H](O[C@@H]4OC(CO)[C@H](O)[C@H](O[C@@H]5OC(CO)[C@@H](O[C@@H]6OC(CO)[C@H](O)[C@H](O[C@H]7OC(CO)[C@H](O)[C@H](O)C7O)C6O[C@H]6OC(C)[C@@H](O)C(O)[C@@H]6O)[C@H](O)C5NC(C)=O)C4O)[C@H](O)C3NC(C)=O)C2O)[C@H](O)C1O)NC(=O)CCCCCCCCCCCCCCCCC. The first-order valence-corrected chi connectivity index (χ1v) is 47.9. The summed E-state index contributed by atoms with van der Waals surface area (Å²) in [6.45, 7) is -0.383. The van der Waals surface area contributed by atoms with E-state index in [2.05, 4.69) is 29.8 Å². The number of carbonyl (C=O) groups is 3. The summed E-state index contributed by atoms with van der Waals surface area (Å²) in [6.07, 6.45) is -43.5. The number of hydrogen-bond acceptors (Lipinski definition) is 42. The molecule has 26 N–H and O–H groups in total. The van der Waals surface area contributed by atoms with E-state index in [1.807, 2.05) is 6.08 Å². The first-order chi connectivity index (χ1) is 63.8. The molecule has 8 aliphatic heterocycles. The number of amides is 3. The smallest absolute Gasteiger partial charge is 0.220 e. The highest BCUT2D eigenvalue weighted by atomic mass is 16.8. The van der Waals surface area contributed by atoms with Crippen LogP contribution in [0.2, 0.25) is 0 Å². The molecule has 45 heteroatoms. The van der Waals surface area contributed by atoms with Crippen LogP contribution in [0.4, 0.5) is 0 Å². The Labute approximate surface area is 775 Å². The Bertz CT molecular complexity index is 3250. The van der Waals surface area contributed by atoms with Crippen LogP contribution in [0.25, 0.3) is 0 Å². The minimum atomic E-state index is -2.36. The number of allylic oxidation sites excluding steroid dienone is 1. The fraction of sp³-hybridized carbons (Fsp3) is 0.943. The number of nitrogens with one attached hydrogen (secondary N) is 3. The molecule has 0 aromatic carbocycles. The highest BCUT2D eigenvalue weighted by molar-refractivity contribution is 5.76. The first-order valence-electron chi connectivity index (χ1n) is 47.9. The molecule has 42 atom stereocenters. The van der Waals surface area contributed by atoms with Crippen molar-refractivity contribution in [3.63, 3.8) is 0 Å². The van der Waals surface area contributed by atoms with Crippen LogP contribution in [0.3, 0.4) is 0 Å². The van der Waals surface area contributed by atoms with E-state index in [9.17, 15) is 132 Å². The summed E-state index contributed by atoms with van der Waals surface area (Å²) in [7, 11) is 0. The maximum absolute atomic E-state index is 13.6. The zero-order valence-electron chi connectivity index (χ0n) is 76.9. The van der Waals surface area contributed by atoms with Crippen LogP contribution in [-0.2, 0) is 90.2 Å². The minimum Gasteiger partial charge on any atom is -0.394 e. The molecule has 0 aliphatic carbocycles. The maximum atomic E-state index is 13.6. The van der Waals surface area contributed by atoms with E-state index in [1.54, 1.807) is 6.08 Å². The molecule has 45 nitrogen and oxygen atoms in total. The summed E-state index contributed by atoms with van der Waals surface area (Å²) in [5.74, 6) is -2.22. The summed E-state index contributed by atoms with van der Waals surface area (Å²) >= 11 is 0. The number of rotatable bonds is 57. The molecule has 0 bridgehead atoms. The van der Waals surface area contributed by atoms with E-state index in [4.69, 9.17) is 75.8 Å². The Morgan fingerprint density at radius 2 is 0.617 bits per heavy atom. The molecule has 8 fully saturated rings. The number of ether oxygens (including phenoxy) is 16. The van der Waals surface area contributed by atoms with Gasteiger partial charge >= 0.3 is 0 Å². The van der Waals surface area contributed by atoms with Crippen molar-refractivity contribution in [3.05, 3.63) is 12.2 Å². The summed E-state index contributed by atoms with van der Waals surface area (Å²) in [5.41, 5.74) is 0. The third-order valence-corrected chi connectivity index (χ3v) is 25.9. The van der Waals surface area contributed by atoms with Crippen LogP contribution in [-0.4, -0.2) is 446 Å². The van der Waals surface area contributed by atoms with Crippen LogP contribution >= 0.6 is 0 Å². The molecule has 0 aromatic heterocycles. The monoisotopic (exact) mass is 1930 g/mol. The molecule has 8 heterocycles. The molecule has 133 heavy (non-hydrogen) atoms. The van der Waals surface area contributed by atoms with Gasteiger partial charge in [0.2, 0.25) is 17.7 Å². The Morgan fingerprint density at radius 3 is 1.03 bits per heavy atom. The Kier molecular flexibility index (Phi) is 50.8. The second kappa shape index (κ2) is 58.9. The molecule has 0 spiro atoms. The average Bonchev–Trinajstić information content (AvgIpc) is 0.777. The van der Waals surface area contributed by atoms with Gasteiger partial charge in [0.1, 0.15) is 189 Å². The van der Waals surface area contributed by atoms with Crippen molar-refractivity contribution in [2.24, 2.45) is 0 Å². The number of aliphatic hydroxyl groups is 23. The van der Waals surface area contributed by atoms with Gasteiger partial charge in [-0.1, -0.05) is 180 Å². The zero-order valence-corrected chi connectivity index (χ0v) is 76.9. The van der Waals surface area contributed by atoms with Crippen LogP contribution < -0.4 is 16.0 Å². The van der Waals surface area contributed by atoms with Gasteiger partial charge in [-0.25, -0.2) is 0 Å². The molecule has 8 rings (SSSR count). The number of carbonyl (C=O) groups excluding carboxylic acids is 3. The normalized spacial score (nSPS) is 40.2. The van der Waals surface area contributed by atoms with Crippen molar-refractivity contribution in [1.82, 2.24) is 16.0 Å². The van der Waals surface area contributed by atoms with E-state index in [-0.39, 0.29) is 12.3 Å². The van der Waals surface area contributed by atoms with Crippen molar-refractivity contribution >= 4 is 17.7 Å². The topological polar surface area (TPSA) is 700 Å². The lowest BCUT2D eigenvalue weighted by molar-refractivity contribution is -0.405. The molecule has 0 radical (unpaired) electrons. The van der Waals surface area contributed by atoms with Gasteiger partial charge in [0.05, 0.1) is 71.1 Å². The summed E-state index contributed by atoms with van der Waals surface area (Å²) in [6, 6.07) is -4.97. The molecular weight excluding hydrogens is 1770 g/mol. The van der Waals surface area contributed by atoms with E-state index < -0.39 is 322 Å².